The third-order valence-corrected chi connectivity index (χ3v) is 5.63. The largest absolute Gasteiger partial charge is 0.368 e. The topological polar surface area (TPSA) is 77.0 Å². The molecule has 1 aliphatic heterocycles. The van der Waals surface area contributed by atoms with Crippen molar-refractivity contribution < 1.29 is 8.42 Å². The first-order valence-corrected chi connectivity index (χ1v) is 12.2. The lowest BCUT2D eigenvalue weighted by Gasteiger charge is -2.37. The van der Waals surface area contributed by atoms with Gasteiger partial charge in [0.1, 0.15) is 0 Å². The summed E-state index contributed by atoms with van der Waals surface area (Å²) in [4.78, 5) is 9.32. The zero-order valence-corrected chi connectivity index (χ0v) is 21.6. The standard InChI is InChI=1S/C21H28ClN5O2S.HI/c1-3-23-21(24-16-17-7-4-5-10-20(17)25-30(2,28)29)27-13-11-26(12-14-27)19-9-6-8-18(22)15-19;/h4-10,15,25H,3,11-14,16H2,1-2H3,(H,23,24);1H. The van der Waals surface area contributed by atoms with Crippen molar-refractivity contribution in [1.29, 1.82) is 0 Å². The van der Waals surface area contributed by atoms with Crippen LogP contribution in [0.4, 0.5) is 11.4 Å². The van der Waals surface area contributed by atoms with E-state index in [2.05, 4.69) is 25.9 Å². The van der Waals surface area contributed by atoms with Crippen molar-refractivity contribution in [3.63, 3.8) is 0 Å². The lowest BCUT2D eigenvalue weighted by atomic mass is 10.2. The molecule has 31 heavy (non-hydrogen) atoms. The zero-order valence-electron chi connectivity index (χ0n) is 17.7. The lowest BCUT2D eigenvalue weighted by molar-refractivity contribution is 0.372. The number of anilines is 2. The highest BCUT2D eigenvalue weighted by Gasteiger charge is 2.20. The first-order valence-electron chi connectivity index (χ1n) is 9.95. The van der Waals surface area contributed by atoms with E-state index in [-0.39, 0.29) is 24.0 Å². The molecule has 0 aliphatic carbocycles. The van der Waals surface area contributed by atoms with E-state index in [0.29, 0.717) is 12.2 Å². The van der Waals surface area contributed by atoms with Crippen molar-refractivity contribution in [1.82, 2.24) is 10.2 Å². The summed E-state index contributed by atoms with van der Waals surface area (Å²) in [6.07, 6.45) is 1.15. The van der Waals surface area contributed by atoms with Crippen molar-refractivity contribution in [2.24, 2.45) is 4.99 Å². The van der Waals surface area contributed by atoms with Gasteiger partial charge in [-0.1, -0.05) is 35.9 Å². The van der Waals surface area contributed by atoms with Crippen molar-refractivity contribution in [3.05, 3.63) is 59.1 Å². The molecule has 0 aromatic heterocycles. The number of hydrogen-bond acceptors (Lipinski definition) is 4. The van der Waals surface area contributed by atoms with Gasteiger partial charge in [-0.25, -0.2) is 13.4 Å². The van der Waals surface area contributed by atoms with Crippen LogP contribution in [-0.2, 0) is 16.6 Å². The summed E-state index contributed by atoms with van der Waals surface area (Å²) in [7, 11) is -3.34. The molecule has 3 rings (SSSR count). The van der Waals surface area contributed by atoms with Gasteiger partial charge in [0.15, 0.2) is 5.96 Å². The number of sulfonamides is 1. The van der Waals surface area contributed by atoms with Crippen LogP contribution in [-0.4, -0.2) is 58.3 Å². The summed E-state index contributed by atoms with van der Waals surface area (Å²) in [5.74, 6) is 0.831. The maximum Gasteiger partial charge on any atom is 0.229 e. The minimum atomic E-state index is -3.34. The number of piperazine rings is 1. The summed E-state index contributed by atoms with van der Waals surface area (Å²) in [5, 5.41) is 4.09. The van der Waals surface area contributed by atoms with Crippen LogP contribution in [0.5, 0.6) is 0 Å². The highest BCUT2D eigenvalue weighted by molar-refractivity contribution is 14.0. The molecule has 1 fully saturated rings. The first kappa shape index (κ1) is 25.5. The fourth-order valence-electron chi connectivity index (χ4n) is 3.39. The third kappa shape index (κ3) is 7.73. The molecular formula is C21H29ClIN5O2S. The predicted octanol–water partition coefficient (Wildman–Crippen LogP) is 3.62. The summed E-state index contributed by atoms with van der Waals surface area (Å²) in [5.41, 5.74) is 2.52. The molecular weight excluding hydrogens is 549 g/mol. The Morgan fingerprint density at radius 2 is 1.81 bits per heavy atom. The maximum atomic E-state index is 11.6. The second-order valence-electron chi connectivity index (χ2n) is 7.16. The second kappa shape index (κ2) is 11.8. The molecule has 0 amide bonds. The highest BCUT2D eigenvalue weighted by Crippen LogP contribution is 2.21. The van der Waals surface area contributed by atoms with Gasteiger partial charge in [-0.05, 0) is 36.8 Å². The van der Waals surface area contributed by atoms with E-state index < -0.39 is 10.0 Å². The average Bonchev–Trinajstić information content (AvgIpc) is 2.71. The monoisotopic (exact) mass is 577 g/mol. The van der Waals surface area contributed by atoms with E-state index in [9.17, 15) is 8.42 Å². The van der Waals surface area contributed by atoms with E-state index in [1.807, 2.05) is 37.3 Å². The number of benzene rings is 2. The van der Waals surface area contributed by atoms with Gasteiger partial charge >= 0.3 is 0 Å². The molecule has 0 bridgehead atoms. The lowest BCUT2D eigenvalue weighted by Crippen LogP contribution is -2.52. The van der Waals surface area contributed by atoms with Crippen LogP contribution in [0.1, 0.15) is 12.5 Å². The zero-order chi connectivity index (χ0) is 21.6. The molecule has 2 aromatic rings. The van der Waals surface area contributed by atoms with Crippen LogP contribution >= 0.6 is 35.6 Å². The quantitative estimate of drug-likeness (QED) is 0.312. The minimum Gasteiger partial charge on any atom is -0.368 e. The molecule has 2 aromatic carbocycles. The Labute approximate surface area is 206 Å². The summed E-state index contributed by atoms with van der Waals surface area (Å²) < 4.78 is 25.8. The van der Waals surface area contributed by atoms with E-state index >= 15 is 0 Å². The molecule has 1 aliphatic rings. The molecule has 10 heteroatoms. The molecule has 0 atom stereocenters. The fraction of sp³-hybridized carbons (Fsp3) is 0.381. The number of nitrogens with one attached hydrogen (secondary N) is 2. The van der Waals surface area contributed by atoms with Gasteiger partial charge in [0.25, 0.3) is 0 Å². The normalized spacial score (nSPS) is 14.7. The Morgan fingerprint density at radius 3 is 2.45 bits per heavy atom. The SMILES string of the molecule is CCNC(=NCc1ccccc1NS(C)(=O)=O)N1CCN(c2cccc(Cl)c2)CC1.I. The number of halogens is 2. The Bertz CT molecular complexity index is 995. The van der Waals surface area contributed by atoms with Gasteiger partial charge < -0.3 is 15.1 Å². The number of aliphatic imine (C=N–C) groups is 1. The van der Waals surface area contributed by atoms with Crippen LogP contribution in [0.15, 0.2) is 53.5 Å². The molecule has 1 heterocycles. The van der Waals surface area contributed by atoms with Crippen molar-refractivity contribution in [3.8, 4) is 0 Å². The van der Waals surface area contributed by atoms with E-state index in [1.165, 1.54) is 0 Å². The van der Waals surface area contributed by atoms with Crippen LogP contribution in [0, 0.1) is 0 Å². The van der Waals surface area contributed by atoms with E-state index in [0.717, 1.165) is 61.2 Å². The molecule has 0 unspecified atom stereocenters. The number of rotatable bonds is 6. The number of para-hydroxylation sites is 1. The van der Waals surface area contributed by atoms with Gasteiger partial charge in [-0.2, -0.15) is 0 Å². The number of guanidine groups is 1. The fourth-order valence-corrected chi connectivity index (χ4v) is 4.18. The van der Waals surface area contributed by atoms with Gasteiger partial charge in [0.05, 0.1) is 18.5 Å². The number of hydrogen-bond donors (Lipinski definition) is 2. The predicted molar refractivity (Wildman–Crippen MR) is 140 cm³/mol. The first-order chi connectivity index (χ1) is 14.4. The third-order valence-electron chi connectivity index (χ3n) is 4.80. The molecule has 170 valence electrons. The molecule has 1 saturated heterocycles. The van der Waals surface area contributed by atoms with Gasteiger partial charge in [-0.3, -0.25) is 4.72 Å². The van der Waals surface area contributed by atoms with Gasteiger partial charge in [0, 0.05) is 43.4 Å². The molecule has 0 radical (unpaired) electrons. The van der Waals surface area contributed by atoms with Crippen LogP contribution in [0.25, 0.3) is 0 Å². The van der Waals surface area contributed by atoms with E-state index in [4.69, 9.17) is 16.6 Å². The van der Waals surface area contributed by atoms with Gasteiger partial charge in [-0.15, -0.1) is 24.0 Å². The van der Waals surface area contributed by atoms with Crippen LogP contribution < -0.4 is 14.9 Å². The summed E-state index contributed by atoms with van der Waals surface area (Å²) >= 11 is 6.13. The molecule has 2 N–H and O–H groups in total. The Kier molecular flexibility index (Phi) is 9.70. The molecule has 0 spiro atoms. The summed E-state index contributed by atoms with van der Waals surface area (Å²) in [6, 6.07) is 15.2. The van der Waals surface area contributed by atoms with E-state index in [1.54, 1.807) is 12.1 Å². The van der Waals surface area contributed by atoms with Crippen molar-refractivity contribution in [2.75, 3.05) is 48.6 Å². The Hall–Kier alpha value is -1.72. The maximum absolute atomic E-state index is 11.6. The highest BCUT2D eigenvalue weighted by atomic mass is 127. The van der Waals surface area contributed by atoms with Crippen LogP contribution in [0.3, 0.4) is 0 Å². The molecule has 7 nitrogen and oxygen atoms in total. The Morgan fingerprint density at radius 1 is 1.10 bits per heavy atom. The molecule has 0 saturated carbocycles. The smallest absolute Gasteiger partial charge is 0.229 e. The van der Waals surface area contributed by atoms with Crippen molar-refractivity contribution >= 4 is 62.9 Å². The van der Waals surface area contributed by atoms with Gasteiger partial charge in [0.2, 0.25) is 10.0 Å². The Balaban J connectivity index is 0.00000341. The van der Waals surface area contributed by atoms with Crippen LogP contribution in [0.2, 0.25) is 5.02 Å². The number of nitrogens with zero attached hydrogens (tertiary/aromatic N) is 3. The van der Waals surface area contributed by atoms with Crippen molar-refractivity contribution in [2.45, 2.75) is 13.5 Å². The average molecular weight is 578 g/mol. The minimum absolute atomic E-state index is 0. The second-order valence-corrected chi connectivity index (χ2v) is 9.34. The summed E-state index contributed by atoms with van der Waals surface area (Å²) in [6.45, 7) is 6.60.